The molecule has 0 amide bonds. The molecule has 0 aromatic heterocycles. The van der Waals surface area contributed by atoms with Gasteiger partial charge in [0.1, 0.15) is 0 Å². The smallest absolute Gasteiger partial charge is 0.0614 e. The van der Waals surface area contributed by atoms with E-state index in [1.807, 2.05) is 4.90 Å². The molecule has 1 atom stereocenters. The Morgan fingerprint density at radius 2 is 2.33 bits per heavy atom. The highest BCUT2D eigenvalue weighted by molar-refractivity contribution is 7.79. The summed E-state index contributed by atoms with van der Waals surface area (Å²) in [6.07, 6.45) is 0. The van der Waals surface area contributed by atoms with Gasteiger partial charge in [0.25, 0.3) is 0 Å². The molecule has 1 heterocycles. The number of nitrogens with zero attached hydrogens (tertiary/aromatic N) is 1. The van der Waals surface area contributed by atoms with Crippen LogP contribution in [-0.2, 0) is 11.1 Å². The monoisotopic (exact) mass is 191 g/mol. The number of hydrogen-bond acceptors (Lipinski definition) is 4. The fourth-order valence-corrected chi connectivity index (χ4v) is 2.02. The Bertz CT molecular complexity index is 184. The van der Waals surface area contributed by atoms with Gasteiger partial charge in [-0.05, 0) is 24.9 Å². The Kier molecular flexibility index (Phi) is 3.22. The van der Waals surface area contributed by atoms with Gasteiger partial charge in [0.05, 0.1) is 5.88 Å². The maximum Gasteiger partial charge on any atom is 0.0614 e. The molecule has 1 N–H and O–H groups in total. The fraction of sp³-hybridized carbons (Fsp3) is 1.00. The maximum atomic E-state index is 10.4. The molecule has 12 heavy (non-hydrogen) atoms. The van der Waals surface area contributed by atoms with Crippen LogP contribution in [0.5, 0.6) is 0 Å². The molecule has 72 valence electrons. The SMILES string of the molecule is CC1(C)CN(CS(=O)[O-])CCN1. The lowest BCUT2D eigenvalue weighted by molar-refractivity contribution is 0.174. The third kappa shape index (κ3) is 3.18. The van der Waals surface area contributed by atoms with Crippen LogP contribution in [0.1, 0.15) is 13.8 Å². The molecule has 5 heteroatoms. The minimum absolute atomic E-state index is 0.0393. The van der Waals surface area contributed by atoms with Crippen LogP contribution in [0, 0.1) is 0 Å². The predicted octanol–water partition coefficient (Wildman–Crippen LogP) is -0.493. The Morgan fingerprint density at radius 3 is 2.83 bits per heavy atom. The van der Waals surface area contributed by atoms with Crippen molar-refractivity contribution in [2.75, 3.05) is 25.5 Å². The van der Waals surface area contributed by atoms with E-state index in [1.54, 1.807) is 0 Å². The summed E-state index contributed by atoms with van der Waals surface area (Å²) in [7, 11) is 0. The van der Waals surface area contributed by atoms with E-state index < -0.39 is 11.1 Å². The molecule has 0 radical (unpaired) electrons. The lowest BCUT2D eigenvalue weighted by Crippen LogP contribution is -2.57. The van der Waals surface area contributed by atoms with Crippen molar-refractivity contribution in [3.05, 3.63) is 0 Å². The minimum Gasteiger partial charge on any atom is -0.771 e. The van der Waals surface area contributed by atoms with Gasteiger partial charge in [0, 0.05) is 25.2 Å². The second-order valence-electron chi connectivity index (χ2n) is 3.80. The first-order valence-corrected chi connectivity index (χ1v) is 5.27. The van der Waals surface area contributed by atoms with Crippen LogP contribution in [0.25, 0.3) is 0 Å². The molecular weight excluding hydrogens is 176 g/mol. The van der Waals surface area contributed by atoms with Crippen molar-refractivity contribution in [1.29, 1.82) is 0 Å². The lowest BCUT2D eigenvalue weighted by atomic mass is 10.0. The van der Waals surface area contributed by atoms with E-state index >= 15 is 0 Å². The lowest BCUT2D eigenvalue weighted by Gasteiger charge is -2.39. The summed E-state index contributed by atoms with van der Waals surface area (Å²) in [5.74, 6) is 0.158. The summed E-state index contributed by atoms with van der Waals surface area (Å²) in [5.41, 5.74) is 0.0393. The van der Waals surface area contributed by atoms with Crippen molar-refractivity contribution >= 4 is 11.1 Å². The Morgan fingerprint density at radius 1 is 1.67 bits per heavy atom. The average molecular weight is 191 g/mol. The topological polar surface area (TPSA) is 55.4 Å². The number of piperazine rings is 1. The van der Waals surface area contributed by atoms with E-state index in [1.165, 1.54) is 0 Å². The highest BCUT2D eigenvalue weighted by atomic mass is 32.2. The Balaban J connectivity index is 2.41. The molecule has 1 rings (SSSR count). The van der Waals surface area contributed by atoms with Crippen molar-refractivity contribution in [3.63, 3.8) is 0 Å². The summed E-state index contributed by atoms with van der Waals surface area (Å²) >= 11 is -1.95. The first kappa shape index (κ1) is 10.1. The quantitative estimate of drug-likeness (QED) is 0.598. The molecule has 0 bridgehead atoms. The summed E-state index contributed by atoms with van der Waals surface area (Å²) in [5, 5.41) is 3.32. The molecule has 4 nitrogen and oxygen atoms in total. The van der Waals surface area contributed by atoms with Crippen LogP contribution < -0.4 is 5.32 Å². The highest BCUT2D eigenvalue weighted by Crippen LogP contribution is 2.09. The van der Waals surface area contributed by atoms with Crippen LogP contribution in [0.15, 0.2) is 0 Å². The molecular formula is C7H15N2O2S-. The van der Waals surface area contributed by atoms with Gasteiger partial charge in [-0.1, -0.05) is 0 Å². The molecule has 0 aliphatic carbocycles. The normalized spacial score (nSPS) is 26.9. The molecule has 1 aliphatic heterocycles. The number of hydrogen-bond donors (Lipinski definition) is 1. The number of rotatable bonds is 2. The van der Waals surface area contributed by atoms with Crippen LogP contribution >= 0.6 is 0 Å². The second kappa shape index (κ2) is 3.83. The molecule has 0 aromatic rings. The largest absolute Gasteiger partial charge is 0.771 e. The zero-order valence-corrected chi connectivity index (χ0v) is 8.32. The first-order chi connectivity index (χ1) is 5.49. The van der Waals surface area contributed by atoms with Crippen LogP contribution in [0.4, 0.5) is 0 Å². The van der Waals surface area contributed by atoms with Gasteiger partial charge in [0.2, 0.25) is 0 Å². The van der Waals surface area contributed by atoms with Crippen molar-refractivity contribution in [2.24, 2.45) is 0 Å². The van der Waals surface area contributed by atoms with Crippen molar-refractivity contribution in [1.82, 2.24) is 10.2 Å². The van der Waals surface area contributed by atoms with Gasteiger partial charge in [-0.15, -0.1) is 0 Å². The van der Waals surface area contributed by atoms with Crippen molar-refractivity contribution < 1.29 is 8.76 Å². The highest BCUT2D eigenvalue weighted by Gasteiger charge is 2.25. The molecule has 1 unspecified atom stereocenters. The van der Waals surface area contributed by atoms with Crippen LogP contribution in [0.3, 0.4) is 0 Å². The molecule has 1 aliphatic rings. The third-order valence-corrected chi connectivity index (χ3v) is 2.51. The zero-order chi connectivity index (χ0) is 9.19. The van der Waals surface area contributed by atoms with E-state index in [4.69, 9.17) is 0 Å². The Labute approximate surface area is 75.6 Å². The second-order valence-corrected chi connectivity index (χ2v) is 4.66. The average Bonchev–Trinajstić information content (AvgIpc) is 1.82. The number of nitrogens with one attached hydrogen (secondary N) is 1. The van der Waals surface area contributed by atoms with Gasteiger partial charge >= 0.3 is 0 Å². The van der Waals surface area contributed by atoms with Crippen molar-refractivity contribution in [2.45, 2.75) is 19.4 Å². The molecule has 0 aromatic carbocycles. The van der Waals surface area contributed by atoms with Crippen LogP contribution in [0.2, 0.25) is 0 Å². The molecule has 1 saturated heterocycles. The van der Waals surface area contributed by atoms with Gasteiger partial charge in [-0.25, -0.2) is 0 Å². The predicted molar refractivity (Wildman–Crippen MR) is 47.4 cm³/mol. The first-order valence-electron chi connectivity index (χ1n) is 4.03. The van der Waals surface area contributed by atoms with Gasteiger partial charge in [0.15, 0.2) is 0 Å². The van der Waals surface area contributed by atoms with Crippen molar-refractivity contribution in [3.8, 4) is 0 Å². The van der Waals surface area contributed by atoms with E-state index in [9.17, 15) is 8.76 Å². The van der Waals surface area contributed by atoms with E-state index in [2.05, 4.69) is 19.2 Å². The summed E-state index contributed by atoms with van der Waals surface area (Å²) in [6, 6.07) is 0. The van der Waals surface area contributed by atoms with E-state index in [0.717, 1.165) is 19.6 Å². The maximum absolute atomic E-state index is 10.4. The van der Waals surface area contributed by atoms with E-state index in [-0.39, 0.29) is 11.4 Å². The molecule has 0 spiro atoms. The van der Waals surface area contributed by atoms with Crippen LogP contribution in [-0.4, -0.2) is 44.7 Å². The molecule has 1 fully saturated rings. The fourth-order valence-electron chi connectivity index (χ4n) is 1.51. The summed E-state index contributed by atoms with van der Waals surface area (Å²) in [6.45, 7) is 6.63. The van der Waals surface area contributed by atoms with Gasteiger partial charge in [-0.3, -0.25) is 9.11 Å². The Hall–Kier alpha value is 0.0300. The summed E-state index contributed by atoms with van der Waals surface area (Å²) < 4.78 is 20.8. The van der Waals surface area contributed by atoms with E-state index in [0.29, 0.717) is 0 Å². The van der Waals surface area contributed by atoms with Gasteiger partial charge < -0.3 is 9.87 Å². The zero-order valence-electron chi connectivity index (χ0n) is 7.50. The standard InChI is InChI=1S/C7H16N2O2S/c1-7(2)5-9(4-3-8-7)6-12(10)11/h8H,3-6H2,1-2H3,(H,10,11)/p-1. The molecule has 0 saturated carbocycles. The minimum atomic E-state index is -1.95. The van der Waals surface area contributed by atoms with Gasteiger partial charge in [-0.2, -0.15) is 0 Å². The third-order valence-electron chi connectivity index (χ3n) is 1.94. The summed E-state index contributed by atoms with van der Waals surface area (Å²) in [4.78, 5) is 1.94.